The van der Waals surface area contributed by atoms with Crippen LogP contribution in [0.1, 0.15) is 41.4 Å². The molecule has 0 aliphatic heterocycles. The monoisotopic (exact) mass is 462 g/mol. The van der Waals surface area contributed by atoms with Gasteiger partial charge in [-0.1, -0.05) is 48.5 Å². The number of aromatic nitrogens is 2. The number of amides is 2. The van der Waals surface area contributed by atoms with E-state index in [1.54, 1.807) is 7.05 Å². The molecule has 9 nitrogen and oxygen atoms in total. The third kappa shape index (κ3) is 4.00. The van der Waals surface area contributed by atoms with Crippen LogP contribution in [0.3, 0.4) is 0 Å². The van der Waals surface area contributed by atoms with Gasteiger partial charge in [0.15, 0.2) is 5.69 Å². The van der Waals surface area contributed by atoms with Gasteiger partial charge in [-0.15, -0.1) is 0 Å². The van der Waals surface area contributed by atoms with E-state index in [-0.39, 0.29) is 24.0 Å². The molecule has 2 N–H and O–H groups in total. The second-order valence-electron chi connectivity index (χ2n) is 8.72. The second kappa shape index (κ2) is 8.66. The third-order valence-electron chi connectivity index (χ3n) is 6.34. The minimum absolute atomic E-state index is 0.00766. The summed E-state index contributed by atoms with van der Waals surface area (Å²) in [6.07, 6.45) is -0.678. The van der Waals surface area contributed by atoms with Gasteiger partial charge in [0.25, 0.3) is 5.91 Å². The number of hydrogen-bond acceptors (Lipinski definition) is 5. The molecule has 9 heteroatoms. The number of aliphatic carboxylic acids is 1. The van der Waals surface area contributed by atoms with Gasteiger partial charge in [0.05, 0.1) is 0 Å². The number of fused-ring (bicyclic) bond motifs is 3. The number of nitrogens with zero attached hydrogens (tertiary/aromatic N) is 3. The van der Waals surface area contributed by atoms with E-state index >= 15 is 0 Å². The van der Waals surface area contributed by atoms with E-state index in [1.165, 1.54) is 31.6 Å². The predicted molar refractivity (Wildman–Crippen MR) is 126 cm³/mol. The molecule has 1 heterocycles. The smallest absolute Gasteiger partial charge is 0.412 e. The van der Waals surface area contributed by atoms with Gasteiger partial charge in [-0.3, -0.25) is 14.8 Å². The summed E-state index contributed by atoms with van der Waals surface area (Å²) >= 11 is 0. The van der Waals surface area contributed by atoms with E-state index in [0.717, 1.165) is 27.2 Å². The number of likely N-dealkylation sites (N-methyl/N-ethyl adjacent to an activating group) is 1. The molecule has 0 bridgehead atoms. The van der Waals surface area contributed by atoms with Crippen molar-refractivity contribution in [1.82, 2.24) is 14.7 Å². The van der Waals surface area contributed by atoms with E-state index in [4.69, 9.17) is 4.74 Å². The Kier molecular flexibility index (Phi) is 5.87. The van der Waals surface area contributed by atoms with Crippen LogP contribution in [0.4, 0.5) is 10.6 Å². The summed E-state index contributed by atoms with van der Waals surface area (Å²) in [4.78, 5) is 37.8. The number of carbonyl (C=O) groups is 3. The highest BCUT2D eigenvalue weighted by molar-refractivity contribution is 5.97. The molecule has 4 rings (SSSR count). The second-order valence-corrected chi connectivity index (χ2v) is 8.72. The van der Waals surface area contributed by atoms with Crippen LogP contribution in [0.25, 0.3) is 11.1 Å². The summed E-state index contributed by atoms with van der Waals surface area (Å²) in [5.74, 6) is -1.55. The van der Waals surface area contributed by atoms with E-state index < -0.39 is 23.5 Å². The largest absolute Gasteiger partial charge is 0.480 e. The Hall–Kier alpha value is -4.14. The van der Waals surface area contributed by atoms with Gasteiger partial charge in [-0.05, 0) is 36.1 Å². The van der Waals surface area contributed by atoms with Crippen molar-refractivity contribution in [3.63, 3.8) is 0 Å². The molecule has 2 amide bonds. The first-order valence-corrected chi connectivity index (χ1v) is 10.8. The molecule has 1 aliphatic carbocycles. The molecule has 0 unspecified atom stereocenters. The van der Waals surface area contributed by atoms with Crippen molar-refractivity contribution in [3.8, 4) is 11.1 Å². The number of rotatable bonds is 6. The molecule has 176 valence electrons. The van der Waals surface area contributed by atoms with Crippen LogP contribution in [0.15, 0.2) is 54.6 Å². The van der Waals surface area contributed by atoms with Crippen LogP contribution in [-0.4, -0.2) is 57.0 Å². The average molecular weight is 463 g/mol. The normalized spacial score (nSPS) is 12.6. The van der Waals surface area contributed by atoms with Gasteiger partial charge in [-0.2, -0.15) is 5.10 Å². The van der Waals surface area contributed by atoms with Crippen LogP contribution in [0.5, 0.6) is 0 Å². The standard InChI is InChI=1S/C25H26N4O5/c1-25(2,23(31)32)28(3)22(30)20-13-21(29(4)27-20)26-24(33)34-14-19-17-11-7-5-9-15(17)16-10-6-8-12-18(16)19/h5-13,19H,14H2,1-4H3,(H,26,33)(H,31,32). The van der Waals surface area contributed by atoms with Crippen LogP contribution in [0, 0.1) is 0 Å². The number of benzene rings is 2. The van der Waals surface area contributed by atoms with Gasteiger partial charge < -0.3 is 14.7 Å². The van der Waals surface area contributed by atoms with Gasteiger partial charge in [0.1, 0.15) is 18.0 Å². The third-order valence-corrected chi connectivity index (χ3v) is 6.34. The van der Waals surface area contributed by atoms with Crippen molar-refractivity contribution in [2.45, 2.75) is 25.3 Å². The fraction of sp³-hybridized carbons (Fsp3) is 0.280. The molecule has 0 radical (unpaired) electrons. The van der Waals surface area contributed by atoms with Crippen LogP contribution in [-0.2, 0) is 16.6 Å². The first kappa shape index (κ1) is 23.0. The molecular weight excluding hydrogens is 436 g/mol. The van der Waals surface area contributed by atoms with Gasteiger partial charge >= 0.3 is 12.1 Å². The zero-order valence-electron chi connectivity index (χ0n) is 19.4. The van der Waals surface area contributed by atoms with Crippen molar-refractivity contribution in [3.05, 3.63) is 71.4 Å². The number of hydrogen-bond donors (Lipinski definition) is 2. The maximum Gasteiger partial charge on any atom is 0.412 e. The molecule has 0 fully saturated rings. The van der Waals surface area contributed by atoms with Crippen LogP contribution in [0.2, 0.25) is 0 Å². The molecular formula is C25H26N4O5. The highest BCUT2D eigenvalue weighted by Gasteiger charge is 2.36. The van der Waals surface area contributed by atoms with Crippen molar-refractivity contribution < 1.29 is 24.2 Å². The summed E-state index contributed by atoms with van der Waals surface area (Å²) in [5, 5.41) is 16.1. The molecule has 1 aliphatic rings. The molecule has 1 aromatic heterocycles. The van der Waals surface area contributed by atoms with Gasteiger partial charge in [0.2, 0.25) is 0 Å². The number of carboxylic acids is 1. The van der Waals surface area contributed by atoms with Crippen LogP contribution < -0.4 is 5.32 Å². The predicted octanol–water partition coefficient (Wildman–Crippen LogP) is 3.72. The van der Waals surface area contributed by atoms with E-state index in [1.807, 2.05) is 36.4 Å². The minimum atomic E-state index is -1.42. The number of carboxylic acid groups (broad SMARTS) is 1. The summed E-state index contributed by atoms with van der Waals surface area (Å²) < 4.78 is 6.87. The Morgan fingerprint density at radius 1 is 1.09 bits per heavy atom. The van der Waals surface area contributed by atoms with Crippen molar-refractivity contribution in [2.75, 3.05) is 19.0 Å². The summed E-state index contributed by atoms with van der Waals surface area (Å²) in [7, 11) is 2.96. The number of nitrogens with one attached hydrogen (secondary N) is 1. The summed E-state index contributed by atoms with van der Waals surface area (Å²) in [5.41, 5.74) is 3.07. The first-order chi connectivity index (χ1) is 16.1. The van der Waals surface area contributed by atoms with E-state index in [9.17, 15) is 19.5 Å². The quantitative estimate of drug-likeness (QED) is 0.577. The van der Waals surface area contributed by atoms with Gasteiger partial charge in [-0.25, -0.2) is 9.59 Å². The number of aryl methyl sites for hydroxylation is 1. The zero-order valence-corrected chi connectivity index (χ0v) is 19.4. The molecule has 0 saturated carbocycles. The zero-order chi connectivity index (χ0) is 24.6. The molecule has 3 aromatic rings. The highest BCUT2D eigenvalue weighted by atomic mass is 16.5. The Bertz CT molecular complexity index is 1230. The SMILES string of the molecule is CN(C(=O)c1cc(NC(=O)OCC2c3ccccc3-c3ccccc32)n(C)n1)C(C)(C)C(=O)O. The average Bonchev–Trinajstić information content (AvgIpc) is 3.34. The Morgan fingerprint density at radius 2 is 1.65 bits per heavy atom. The van der Waals surface area contributed by atoms with E-state index in [0.29, 0.717) is 0 Å². The molecule has 0 atom stereocenters. The minimum Gasteiger partial charge on any atom is -0.480 e. The Labute approximate surface area is 196 Å². The van der Waals surface area contributed by atoms with Crippen molar-refractivity contribution >= 4 is 23.8 Å². The highest BCUT2D eigenvalue weighted by Crippen LogP contribution is 2.44. The molecule has 0 saturated heterocycles. The van der Waals surface area contributed by atoms with Crippen molar-refractivity contribution in [2.24, 2.45) is 7.05 Å². The number of anilines is 1. The topological polar surface area (TPSA) is 114 Å². The lowest BCUT2D eigenvalue weighted by molar-refractivity contribution is -0.147. The summed E-state index contributed by atoms with van der Waals surface area (Å²) in [6, 6.07) is 17.5. The lowest BCUT2D eigenvalue weighted by atomic mass is 9.98. The molecule has 0 spiro atoms. The Balaban J connectivity index is 1.44. The lowest BCUT2D eigenvalue weighted by Gasteiger charge is -2.30. The number of carbonyl (C=O) groups excluding carboxylic acids is 2. The molecule has 34 heavy (non-hydrogen) atoms. The number of ether oxygens (including phenoxy) is 1. The van der Waals surface area contributed by atoms with E-state index in [2.05, 4.69) is 22.5 Å². The molecule has 2 aromatic carbocycles. The maximum absolute atomic E-state index is 12.7. The lowest BCUT2D eigenvalue weighted by Crippen LogP contribution is -2.50. The van der Waals surface area contributed by atoms with Gasteiger partial charge in [0, 0.05) is 26.1 Å². The Morgan fingerprint density at radius 3 is 2.21 bits per heavy atom. The van der Waals surface area contributed by atoms with Crippen molar-refractivity contribution in [1.29, 1.82) is 0 Å². The fourth-order valence-corrected chi connectivity index (χ4v) is 4.00. The van der Waals surface area contributed by atoms with Crippen LogP contribution >= 0.6 is 0 Å². The maximum atomic E-state index is 12.7. The fourth-order valence-electron chi connectivity index (χ4n) is 4.00. The summed E-state index contributed by atoms with van der Waals surface area (Å²) in [6.45, 7) is 3.00. The first-order valence-electron chi connectivity index (χ1n) is 10.8.